The molecule has 0 aliphatic heterocycles. The second-order valence-electron chi connectivity index (χ2n) is 6.73. The minimum Gasteiger partial charge on any atom is -0.385 e. The molecule has 0 unspecified atom stereocenters. The van der Waals surface area contributed by atoms with Gasteiger partial charge in [-0.2, -0.15) is 0 Å². The van der Waals surface area contributed by atoms with Crippen molar-refractivity contribution in [3.63, 3.8) is 0 Å². The molecule has 2 aromatic carbocycles. The highest BCUT2D eigenvalue weighted by Crippen LogP contribution is 2.36. The quantitative estimate of drug-likeness (QED) is 0.282. The molecular formula is C21H21N3O3S. The van der Waals surface area contributed by atoms with E-state index in [9.17, 15) is 9.59 Å². The number of ether oxygens (including phenoxy) is 1. The average molecular weight is 395 g/mol. The summed E-state index contributed by atoms with van der Waals surface area (Å²) in [6.45, 7) is 1.08. The number of hydrogen-bond donors (Lipinski definition) is 1. The molecule has 6 nitrogen and oxygen atoms in total. The number of H-pyrrole nitrogens is 1. The number of hydrogen-bond acceptors (Lipinski definition) is 5. The predicted octanol–water partition coefficient (Wildman–Crippen LogP) is 3.15. The van der Waals surface area contributed by atoms with Crippen molar-refractivity contribution < 1.29 is 9.53 Å². The Bertz CT molecular complexity index is 1070. The lowest BCUT2D eigenvalue weighted by atomic mass is 10.0. The summed E-state index contributed by atoms with van der Waals surface area (Å²) in [6, 6.07) is 14.3. The molecule has 4 rings (SSSR count). The summed E-state index contributed by atoms with van der Waals surface area (Å²) in [5.74, 6) is 0.267. The number of rotatable bonds is 8. The fraction of sp³-hybridized carbons (Fsp3) is 0.286. The van der Waals surface area contributed by atoms with Crippen molar-refractivity contribution in [2.24, 2.45) is 0 Å². The Morgan fingerprint density at radius 1 is 1.21 bits per heavy atom. The molecule has 1 aromatic heterocycles. The molecule has 0 radical (unpaired) electrons. The van der Waals surface area contributed by atoms with E-state index in [0.717, 1.165) is 6.42 Å². The van der Waals surface area contributed by atoms with Crippen molar-refractivity contribution >= 4 is 17.5 Å². The Hall–Kier alpha value is -2.64. The van der Waals surface area contributed by atoms with Crippen LogP contribution < -0.4 is 5.69 Å². The van der Waals surface area contributed by atoms with Gasteiger partial charge in [-0.05, 0) is 41.2 Å². The second kappa shape index (κ2) is 8.16. The van der Waals surface area contributed by atoms with E-state index in [1.165, 1.54) is 34.0 Å². The Morgan fingerprint density at radius 3 is 2.89 bits per heavy atom. The fourth-order valence-corrected chi connectivity index (χ4v) is 4.38. The molecule has 0 saturated carbocycles. The van der Waals surface area contributed by atoms with E-state index >= 15 is 0 Å². The van der Waals surface area contributed by atoms with E-state index in [4.69, 9.17) is 4.74 Å². The van der Waals surface area contributed by atoms with Gasteiger partial charge in [0.2, 0.25) is 0 Å². The van der Waals surface area contributed by atoms with Gasteiger partial charge in [0, 0.05) is 25.8 Å². The van der Waals surface area contributed by atoms with Gasteiger partial charge in [0.05, 0.1) is 5.75 Å². The molecule has 1 heterocycles. The van der Waals surface area contributed by atoms with Crippen LogP contribution in [0, 0.1) is 0 Å². The van der Waals surface area contributed by atoms with Crippen LogP contribution in [0.25, 0.3) is 11.1 Å². The lowest BCUT2D eigenvalue weighted by Gasteiger charge is -2.06. The number of carbonyl (C=O) groups is 1. The molecule has 28 heavy (non-hydrogen) atoms. The first-order valence-electron chi connectivity index (χ1n) is 9.18. The van der Waals surface area contributed by atoms with E-state index in [-0.39, 0.29) is 17.2 Å². The first kappa shape index (κ1) is 18.7. The number of nitrogens with zero attached hydrogens (tertiary/aromatic N) is 2. The van der Waals surface area contributed by atoms with Crippen LogP contribution in [-0.4, -0.2) is 40.0 Å². The van der Waals surface area contributed by atoms with Crippen LogP contribution in [0.15, 0.2) is 52.4 Å². The highest BCUT2D eigenvalue weighted by Gasteiger charge is 2.20. The first-order valence-corrected chi connectivity index (χ1v) is 10.2. The SMILES string of the molecule is COCCCn1c(SCC(=O)c2ccc3c(c2)Cc2ccccc2-3)n[nH]c1=O. The minimum atomic E-state index is -0.263. The summed E-state index contributed by atoms with van der Waals surface area (Å²) in [6.07, 6.45) is 1.57. The van der Waals surface area contributed by atoms with Crippen molar-refractivity contribution in [2.45, 2.75) is 24.5 Å². The normalized spacial score (nSPS) is 12.0. The topological polar surface area (TPSA) is 77.0 Å². The maximum Gasteiger partial charge on any atom is 0.343 e. The third-order valence-corrected chi connectivity index (χ3v) is 5.88. The molecular weight excluding hydrogens is 374 g/mol. The Morgan fingerprint density at radius 2 is 2.04 bits per heavy atom. The van der Waals surface area contributed by atoms with E-state index in [0.29, 0.717) is 30.3 Å². The fourth-order valence-electron chi connectivity index (χ4n) is 3.51. The highest BCUT2D eigenvalue weighted by molar-refractivity contribution is 7.99. The molecule has 0 bridgehead atoms. The smallest absolute Gasteiger partial charge is 0.343 e. The number of aromatic amines is 1. The van der Waals surface area contributed by atoms with E-state index in [1.807, 2.05) is 30.3 Å². The van der Waals surface area contributed by atoms with Gasteiger partial charge in [-0.25, -0.2) is 9.89 Å². The van der Waals surface area contributed by atoms with E-state index in [2.05, 4.69) is 22.3 Å². The molecule has 3 aromatic rings. The maximum absolute atomic E-state index is 12.7. The van der Waals surface area contributed by atoms with E-state index < -0.39 is 0 Å². The van der Waals surface area contributed by atoms with Crippen LogP contribution >= 0.6 is 11.8 Å². The number of thioether (sulfide) groups is 1. The molecule has 7 heteroatoms. The zero-order valence-electron chi connectivity index (χ0n) is 15.6. The van der Waals surface area contributed by atoms with Gasteiger partial charge in [0.25, 0.3) is 0 Å². The van der Waals surface area contributed by atoms with Gasteiger partial charge < -0.3 is 4.74 Å². The molecule has 0 spiro atoms. The minimum absolute atomic E-state index is 0.0302. The summed E-state index contributed by atoms with van der Waals surface area (Å²) in [7, 11) is 1.63. The number of aromatic nitrogens is 3. The monoisotopic (exact) mass is 395 g/mol. The second-order valence-corrected chi connectivity index (χ2v) is 7.67. The van der Waals surface area contributed by atoms with Crippen LogP contribution in [0.5, 0.6) is 0 Å². The van der Waals surface area contributed by atoms with Crippen LogP contribution in [0.3, 0.4) is 0 Å². The summed E-state index contributed by atoms with van der Waals surface area (Å²) in [5, 5.41) is 7.03. The molecule has 144 valence electrons. The Balaban J connectivity index is 1.44. The third kappa shape index (κ3) is 3.68. The summed E-state index contributed by atoms with van der Waals surface area (Å²) >= 11 is 1.28. The molecule has 0 amide bonds. The molecule has 0 saturated heterocycles. The zero-order chi connectivity index (χ0) is 19.5. The van der Waals surface area contributed by atoms with Crippen LogP contribution in [0.4, 0.5) is 0 Å². The molecule has 1 aliphatic carbocycles. The van der Waals surface area contributed by atoms with Crippen LogP contribution in [-0.2, 0) is 17.7 Å². The number of fused-ring (bicyclic) bond motifs is 3. The number of methoxy groups -OCH3 is 1. The number of carbonyl (C=O) groups excluding carboxylic acids is 1. The number of nitrogens with one attached hydrogen (secondary N) is 1. The first-order chi connectivity index (χ1) is 13.7. The third-order valence-electron chi connectivity index (χ3n) is 4.90. The lowest BCUT2D eigenvalue weighted by molar-refractivity contribution is 0.102. The van der Waals surface area contributed by atoms with Crippen molar-refractivity contribution in [3.05, 3.63) is 69.6 Å². The van der Waals surface area contributed by atoms with Gasteiger partial charge in [0.1, 0.15) is 0 Å². The Kier molecular flexibility index (Phi) is 5.45. The predicted molar refractivity (Wildman–Crippen MR) is 109 cm³/mol. The summed E-state index contributed by atoms with van der Waals surface area (Å²) in [4.78, 5) is 24.6. The highest BCUT2D eigenvalue weighted by atomic mass is 32.2. The van der Waals surface area contributed by atoms with Crippen LogP contribution in [0.2, 0.25) is 0 Å². The number of Topliss-reactive ketones (excluding diaryl/α,β-unsaturated/α-hetero) is 1. The number of ketones is 1. The molecule has 0 fully saturated rings. The summed E-state index contributed by atoms with van der Waals surface area (Å²) in [5.41, 5.74) is 5.38. The van der Waals surface area contributed by atoms with Crippen LogP contribution in [0.1, 0.15) is 27.9 Å². The summed E-state index contributed by atoms with van der Waals surface area (Å²) < 4.78 is 6.58. The molecule has 0 atom stereocenters. The molecule has 1 aliphatic rings. The van der Waals surface area contributed by atoms with Gasteiger partial charge in [-0.15, -0.1) is 5.10 Å². The molecule has 1 N–H and O–H groups in total. The lowest BCUT2D eigenvalue weighted by Crippen LogP contribution is -2.18. The van der Waals surface area contributed by atoms with Crippen molar-refractivity contribution in [3.8, 4) is 11.1 Å². The van der Waals surface area contributed by atoms with Gasteiger partial charge in [-0.3, -0.25) is 9.36 Å². The van der Waals surface area contributed by atoms with E-state index in [1.54, 1.807) is 11.7 Å². The largest absolute Gasteiger partial charge is 0.385 e. The van der Waals surface area contributed by atoms with Crippen molar-refractivity contribution in [1.29, 1.82) is 0 Å². The van der Waals surface area contributed by atoms with Gasteiger partial charge in [-0.1, -0.05) is 48.2 Å². The van der Waals surface area contributed by atoms with Crippen molar-refractivity contribution in [1.82, 2.24) is 14.8 Å². The number of benzene rings is 2. The van der Waals surface area contributed by atoms with Gasteiger partial charge in [0.15, 0.2) is 10.9 Å². The Labute approximate surface area is 166 Å². The standard InChI is InChI=1S/C21H21N3O3S/c1-27-10-4-9-24-20(26)22-23-21(24)28-13-19(25)15-7-8-18-16(12-15)11-14-5-2-3-6-17(14)18/h2-3,5-8,12H,4,9-11,13H2,1H3,(H,22,26). The van der Waals surface area contributed by atoms with Gasteiger partial charge >= 0.3 is 5.69 Å². The maximum atomic E-state index is 12.7. The van der Waals surface area contributed by atoms with Crippen molar-refractivity contribution in [2.75, 3.05) is 19.5 Å². The zero-order valence-corrected chi connectivity index (χ0v) is 16.4. The average Bonchev–Trinajstić information content (AvgIpc) is 3.26.